The Hall–Kier alpha value is -1.03. The fourth-order valence-electron chi connectivity index (χ4n) is 2.41. The van der Waals surface area contributed by atoms with E-state index in [9.17, 15) is 12.6 Å². The van der Waals surface area contributed by atoms with Crippen molar-refractivity contribution in [2.75, 3.05) is 38.7 Å². The van der Waals surface area contributed by atoms with Crippen LogP contribution in [0.3, 0.4) is 0 Å². The van der Waals surface area contributed by atoms with E-state index in [0.717, 1.165) is 5.69 Å². The molecule has 124 valence electrons. The zero-order valence-electron chi connectivity index (χ0n) is 13.0. The average molecular weight is 346 g/mol. The number of nitrogens with zero attached hydrogens (tertiary/aromatic N) is 4. The number of pyridine rings is 1. The van der Waals surface area contributed by atoms with E-state index in [1.807, 2.05) is 18.2 Å². The molecule has 1 aliphatic rings. The second kappa shape index (κ2) is 6.61. The Morgan fingerprint density at radius 1 is 1.14 bits per heavy atom. The summed E-state index contributed by atoms with van der Waals surface area (Å²) >= 11 is 0. The largest absolute Gasteiger partial charge is 0.330 e. The lowest BCUT2D eigenvalue weighted by Gasteiger charge is -2.36. The van der Waals surface area contributed by atoms with Gasteiger partial charge in [-0.25, -0.2) is 4.21 Å². The Balaban J connectivity index is 2.04. The molecule has 0 amide bonds. The third kappa shape index (κ3) is 4.48. The number of aromatic nitrogens is 1. The Kier molecular flexibility index (Phi) is 5.21. The number of hydrogen-bond donors (Lipinski definition) is 0. The number of piperazine rings is 1. The molecule has 0 aliphatic carbocycles. The highest BCUT2D eigenvalue weighted by Crippen LogP contribution is 2.20. The Labute approximate surface area is 132 Å². The third-order valence-corrected chi connectivity index (χ3v) is 6.74. The van der Waals surface area contributed by atoms with Crippen LogP contribution in [0.5, 0.6) is 0 Å². The number of hydrogen-bond acceptors (Lipinski definition) is 5. The molecule has 1 aromatic heterocycles. The summed E-state index contributed by atoms with van der Waals surface area (Å²) in [5, 5.41) is 0. The zero-order valence-corrected chi connectivity index (χ0v) is 14.7. The maximum atomic E-state index is 12.1. The van der Waals surface area contributed by atoms with Crippen molar-refractivity contribution >= 4 is 19.9 Å². The van der Waals surface area contributed by atoms with E-state index in [-0.39, 0.29) is 6.04 Å². The summed E-state index contributed by atoms with van der Waals surface area (Å²) in [5.41, 5.74) is 0.966. The summed E-state index contributed by atoms with van der Waals surface area (Å²) in [5.74, 6) is 0. The molecule has 1 aliphatic heterocycles. The van der Waals surface area contributed by atoms with Gasteiger partial charge in [0.15, 0.2) is 0 Å². The summed E-state index contributed by atoms with van der Waals surface area (Å²) in [6.07, 6.45) is 4.40. The molecule has 0 unspecified atom stereocenters. The second-order valence-corrected chi connectivity index (χ2v) is 9.97. The van der Waals surface area contributed by atoms with Crippen LogP contribution in [-0.2, 0) is 19.9 Å². The van der Waals surface area contributed by atoms with Gasteiger partial charge in [-0.2, -0.15) is 12.7 Å². The van der Waals surface area contributed by atoms with Gasteiger partial charge in [-0.3, -0.25) is 9.88 Å². The number of rotatable bonds is 4. The van der Waals surface area contributed by atoms with Crippen LogP contribution in [0.15, 0.2) is 28.2 Å². The molecule has 1 saturated heterocycles. The molecule has 1 aromatic rings. The maximum Gasteiger partial charge on any atom is 0.330 e. The van der Waals surface area contributed by atoms with Crippen LogP contribution >= 0.6 is 0 Å². The van der Waals surface area contributed by atoms with Crippen molar-refractivity contribution in [3.05, 3.63) is 30.1 Å². The van der Waals surface area contributed by atoms with Gasteiger partial charge in [-0.15, -0.1) is 0 Å². The predicted molar refractivity (Wildman–Crippen MR) is 87.1 cm³/mol. The van der Waals surface area contributed by atoms with Crippen molar-refractivity contribution in [2.24, 2.45) is 3.77 Å². The SMILES string of the molecule is C[C@H](c1ccccn1)N1CCN(S(=O)(=O)N=S(C)(C)=O)CC1. The first-order valence-corrected chi connectivity index (χ1v) is 10.8. The van der Waals surface area contributed by atoms with E-state index in [2.05, 4.69) is 20.6 Å². The monoisotopic (exact) mass is 346 g/mol. The summed E-state index contributed by atoms with van der Waals surface area (Å²) in [4.78, 5) is 6.52. The van der Waals surface area contributed by atoms with Gasteiger partial charge < -0.3 is 0 Å². The summed E-state index contributed by atoms with van der Waals surface area (Å²) in [7, 11) is -6.50. The zero-order chi connectivity index (χ0) is 16.4. The minimum Gasteiger partial charge on any atom is -0.292 e. The van der Waals surface area contributed by atoms with Crippen molar-refractivity contribution < 1.29 is 12.6 Å². The molecule has 0 aromatic carbocycles. The van der Waals surface area contributed by atoms with Crippen LogP contribution in [0.2, 0.25) is 0 Å². The highest BCUT2D eigenvalue weighted by atomic mass is 32.3. The molecule has 0 radical (unpaired) electrons. The molecular formula is C13H22N4O3S2. The van der Waals surface area contributed by atoms with Crippen LogP contribution in [-0.4, -0.2) is 65.5 Å². The fourth-order valence-corrected chi connectivity index (χ4v) is 5.22. The van der Waals surface area contributed by atoms with Gasteiger partial charge in [0, 0.05) is 50.9 Å². The van der Waals surface area contributed by atoms with Crippen LogP contribution in [0.1, 0.15) is 18.7 Å². The van der Waals surface area contributed by atoms with Crippen LogP contribution < -0.4 is 0 Å². The van der Waals surface area contributed by atoms with Crippen molar-refractivity contribution in [1.29, 1.82) is 0 Å². The summed E-state index contributed by atoms with van der Waals surface area (Å²) < 4.78 is 40.6. The Bertz CT molecular complexity index is 711. The summed E-state index contributed by atoms with van der Waals surface area (Å²) in [6, 6.07) is 5.91. The van der Waals surface area contributed by atoms with Gasteiger partial charge in [-0.05, 0) is 19.1 Å². The molecule has 0 spiro atoms. The van der Waals surface area contributed by atoms with Crippen molar-refractivity contribution in [2.45, 2.75) is 13.0 Å². The molecule has 1 atom stereocenters. The lowest BCUT2D eigenvalue weighted by Crippen LogP contribution is -2.48. The molecule has 1 fully saturated rings. The van der Waals surface area contributed by atoms with Crippen LogP contribution in [0.25, 0.3) is 0 Å². The van der Waals surface area contributed by atoms with Gasteiger partial charge in [-0.1, -0.05) is 9.83 Å². The third-order valence-electron chi connectivity index (χ3n) is 3.54. The Morgan fingerprint density at radius 3 is 2.27 bits per heavy atom. The average Bonchev–Trinajstić information content (AvgIpc) is 2.45. The van der Waals surface area contributed by atoms with E-state index in [4.69, 9.17) is 0 Å². The first-order chi connectivity index (χ1) is 10.2. The first kappa shape index (κ1) is 17.3. The summed E-state index contributed by atoms with van der Waals surface area (Å²) in [6.45, 7) is 3.95. The van der Waals surface area contributed by atoms with E-state index < -0.39 is 19.9 Å². The van der Waals surface area contributed by atoms with E-state index in [1.165, 1.54) is 16.8 Å². The quantitative estimate of drug-likeness (QED) is 0.803. The van der Waals surface area contributed by atoms with E-state index >= 15 is 0 Å². The molecule has 0 N–H and O–H groups in total. The van der Waals surface area contributed by atoms with Crippen molar-refractivity contribution in [1.82, 2.24) is 14.2 Å². The van der Waals surface area contributed by atoms with Gasteiger partial charge in [0.05, 0.1) is 15.4 Å². The van der Waals surface area contributed by atoms with E-state index in [1.54, 1.807) is 6.20 Å². The molecule has 0 saturated carbocycles. The molecule has 2 heterocycles. The fraction of sp³-hybridized carbons (Fsp3) is 0.615. The van der Waals surface area contributed by atoms with Crippen LogP contribution in [0, 0.1) is 0 Å². The maximum absolute atomic E-state index is 12.1. The van der Waals surface area contributed by atoms with Gasteiger partial charge in [0.25, 0.3) is 0 Å². The predicted octanol–water partition coefficient (Wildman–Crippen LogP) is 0.733. The van der Waals surface area contributed by atoms with Gasteiger partial charge in [0.1, 0.15) is 0 Å². The minimum atomic E-state index is -3.81. The topological polar surface area (TPSA) is 82.9 Å². The molecule has 0 bridgehead atoms. The van der Waals surface area contributed by atoms with Gasteiger partial charge in [0.2, 0.25) is 0 Å². The smallest absolute Gasteiger partial charge is 0.292 e. The molecule has 22 heavy (non-hydrogen) atoms. The second-order valence-electron chi connectivity index (χ2n) is 5.60. The highest BCUT2D eigenvalue weighted by Gasteiger charge is 2.29. The van der Waals surface area contributed by atoms with Crippen LogP contribution in [0.4, 0.5) is 0 Å². The molecular weight excluding hydrogens is 324 g/mol. The standard InChI is InChI=1S/C13H22N4O3S2/c1-12(13-6-4-5-7-14-13)16-8-10-17(11-9-16)22(19,20)15-21(2,3)18/h4-7,12H,8-11H2,1-3H3/t12-/m1/s1. The lowest BCUT2D eigenvalue weighted by atomic mass is 10.1. The van der Waals surface area contributed by atoms with E-state index in [0.29, 0.717) is 26.2 Å². The minimum absolute atomic E-state index is 0.129. The highest BCUT2D eigenvalue weighted by molar-refractivity contribution is 8.01. The Morgan fingerprint density at radius 2 is 1.77 bits per heavy atom. The molecule has 9 heteroatoms. The van der Waals surface area contributed by atoms with Crippen molar-refractivity contribution in [3.63, 3.8) is 0 Å². The first-order valence-electron chi connectivity index (χ1n) is 7.02. The van der Waals surface area contributed by atoms with Gasteiger partial charge >= 0.3 is 10.2 Å². The van der Waals surface area contributed by atoms with Crippen molar-refractivity contribution in [3.8, 4) is 0 Å². The molecule has 7 nitrogen and oxygen atoms in total. The normalized spacial score (nSPS) is 19.8. The molecule has 2 rings (SSSR count). The lowest BCUT2D eigenvalue weighted by molar-refractivity contribution is 0.143.